The molecule has 0 unspecified atom stereocenters. The Morgan fingerprint density at radius 1 is 1.05 bits per heavy atom. The van der Waals surface area contributed by atoms with Crippen LogP contribution < -0.4 is 0 Å². The van der Waals surface area contributed by atoms with Crippen molar-refractivity contribution in [2.75, 3.05) is 0 Å². The predicted octanol–water partition coefficient (Wildman–Crippen LogP) is 2.41. The lowest BCUT2D eigenvalue weighted by Gasteiger charge is -2.02. The number of hydrogen-bond donors (Lipinski definition) is 1. The summed E-state index contributed by atoms with van der Waals surface area (Å²) in [6.45, 7) is 0. The van der Waals surface area contributed by atoms with Crippen LogP contribution in [0, 0.1) is 10.1 Å². The number of nitrogens with zero attached hydrogens (tertiary/aromatic N) is 1. The summed E-state index contributed by atoms with van der Waals surface area (Å²) in [5.74, 6) is 0. The van der Waals surface area contributed by atoms with Crippen LogP contribution in [0.3, 0.4) is 0 Å². The third-order valence-corrected chi connectivity index (χ3v) is 4.19. The molecule has 6 nitrogen and oxygen atoms in total. The number of benzene rings is 2. The van der Waals surface area contributed by atoms with Crippen molar-refractivity contribution in [3.8, 4) is 11.1 Å². The molecule has 3 rings (SSSR count). The Bertz CT molecular complexity index is 842. The molecule has 2 aromatic carbocycles. The molecule has 0 fully saturated rings. The second-order valence-electron chi connectivity index (χ2n) is 4.57. The van der Waals surface area contributed by atoms with Gasteiger partial charge in [0.05, 0.1) is 9.82 Å². The van der Waals surface area contributed by atoms with Gasteiger partial charge in [-0.3, -0.25) is 14.7 Å². The zero-order valence-corrected chi connectivity index (χ0v) is 10.9. The lowest BCUT2D eigenvalue weighted by molar-refractivity contribution is -0.384. The number of nitro benzene ring substituents is 1. The van der Waals surface area contributed by atoms with E-state index in [9.17, 15) is 18.5 Å². The third kappa shape index (κ3) is 1.97. The first-order chi connectivity index (χ1) is 9.36. The fourth-order valence-electron chi connectivity index (χ4n) is 2.45. The van der Waals surface area contributed by atoms with Crippen LogP contribution >= 0.6 is 0 Å². The van der Waals surface area contributed by atoms with Crippen molar-refractivity contribution in [3.63, 3.8) is 0 Å². The topological polar surface area (TPSA) is 97.5 Å². The van der Waals surface area contributed by atoms with Gasteiger partial charge in [-0.15, -0.1) is 0 Å². The normalized spacial score (nSPS) is 12.8. The summed E-state index contributed by atoms with van der Waals surface area (Å²) in [5, 5.41) is 10.8. The minimum Gasteiger partial charge on any atom is -0.282 e. The molecule has 0 amide bonds. The maximum Gasteiger partial charge on any atom is 0.294 e. The fraction of sp³-hybridized carbons (Fsp3) is 0.0769. The second-order valence-corrected chi connectivity index (χ2v) is 5.99. The van der Waals surface area contributed by atoms with Gasteiger partial charge in [0.25, 0.3) is 15.8 Å². The molecule has 7 heteroatoms. The van der Waals surface area contributed by atoms with Crippen molar-refractivity contribution in [3.05, 3.63) is 57.6 Å². The Morgan fingerprint density at radius 3 is 2.25 bits per heavy atom. The van der Waals surface area contributed by atoms with Crippen LogP contribution in [0.25, 0.3) is 11.1 Å². The van der Waals surface area contributed by atoms with E-state index in [4.69, 9.17) is 4.55 Å². The number of rotatable bonds is 2. The first-order valence-electron chi connectivity index (χ1n) is 5.74. The summed E-state index contributed by atoms with van der Waals surface area (Å²) in [6.07, 6.45) is 0.412. The Labute approximate surface area is 114 Å². The highest BCUT2D eigenvalue weighted by Crippen LogP contribution is 2.39. The highest BCUT2D eigenvalue weighted by molar-refractivity contribution is 7.85. The monoisotopic (exact) mass is 291 g/mol. The summed E-state index contributed by atoms with van der Waals surface area (Å²) in [6, 6.07) is 8.90. The van der Waals surface area contributed by atoms with Crippen LogP contribution in [0.1, 0.15) is 11.1 Å². The molecule has 0 saturated carbocycles. The summed E-state index contributed by atoms with van der Waals surface area (Å²) in [4.78, 5) is 10.1. The number of nitro groups is 1. The smallest absolute Gasteiger partial charge is 0.282 e. The Balaban J connectivity index is 2.12. The number of hydrogen-bond acceptors (Lipinski definition) is 4. The molecule has 0 spiro atoms. The van der Waals surface area contributed by atoms with E-state index in [1.165, 1.54) is 24.3 Å². The molecule has 1 aliphatic carbocycles. The minimum atomic E-state index is -4.24. The van der Waals surface area contributed by atoms with Gasteiger partial charge in [0.2, 0.25) is 0 Å². The van der Waals surface area contributed by atoms with E-state index >= 15 is 0 Å². The summed E-state index contributed by atoms with van der Waals surface area (Å²) in [7, 11) is -4.24. The van der Waals surface area contributed by atoms with Crippen molar-refractivity contribution >= 4 is 15.8 Å². The average Bonchev–Trinajstić information content (AvgIpc) is 2.73. The highest BCUT2D eigenvalue weighted by Gasteiger charge is 2.23. The molecule has 0 aromatic heterocycles. The maximum atomic E-state index is 11.1. The molecular weight excluding hydrogens is 282 g/mol. The van der Waals surface area contributed by atoms with Gasteiger partial charge in [0.15, 0.2) is 0 Å². The van der Waals surface area contributed by atoms with Crippen molar-refractivity contribution in [2.45, 2.75) is 11.3 Å². The molecule has 0 saturated heterocycles. The Kier molecular flexibility index (Phi) is 2.63. The molecule has 0 heterocycles. The van der Waals surface area contributed by atoms with Gasteiger partial charge in [0.1, 0.15) is 0 Å². The van der Waals surface area contributed by atoms with Crippen LogP contribution in [0.4, 0.5) is 5.69 Å². The van der Waals surface area contributed by atoms with E-state index in [-0.39, 0.29) is 10.6 Å². The molecule has 1 aliphatic rings. The first-order valence-corrected chi connectivity index (χ1v) is 7.18. The minimum absolute atomic E-state index is 0.00607. The molecule has 2 aromatic rings. The van der Waals surface area contributed by atoms with E-state index in [0.717, 1.165) is 22.3 Å². The van der Waals surface area contributed by atoms with Gasteiger partial charge in [0, 0.05) is 12.1 Å². The van der Waals surface area contributed by atoms with Crippen molar-refractivity contribution in [1.82, 2.24) is 0 Å². The van der Waals surface area contributed by atoms with Crippen LogP contribution in [-0.4, -0.2) is 17.9 Å². The molecule has 102 valence electrons. The van der Waals surface area contributed by atoms with Gasteiger partial charge >= 0.3 is 0 Å². The number of non-ortho nitro benzene ring substituents is 1. The Morgan fingerprint density at radius 2 is 1.65 bits per heavy atom. The van der Waals surface area contributed by atoms with E-state index < -0.39 is 15.0 Å². The third-order valence-electron chi connectivity index (χ3n) is 3.35. The summed E-state index contributed by atoms with van der Waals surface area (Å²) < 4.78 is 31.3. The Hall–Kier alpha value is -2.25. The summed E-state index contributed by atoms with van der Waals surface area (Å²) in [5.41, 5.74) is 3.21. The molecular formula is C13H9NO5S. The fourth-order valence-corrected chi connectivity index (χ4v) is 2.98. The standard InChI is InChI=1S/C13H9NO5S/c15-14(16)10-1-3-12-8(6-10)5-9-7-11(20(17,18)19)2-4-13(9)12/h1-4,6-7H,5H2,(H,17,18,19). The molecule has 0 atom stereocenters. The molecule has 0 aliphatic heterocycles. The van der Waals surface area contributed by atoms with E-state index in [1.807, 2.05) is 0 Å². The molecule has 0 bridgehead atoms. The first kappa shape index (κ1) is 12.8. The predicted molar refractivity (Wildman–Crippen MR) is 71.2 cm³/mol. The maximum absolute atomic E-state index is 11.1. The SMILES string of the molecule is O=[N+]([O-])c1ccc2c(c1)Cc1cc(S(=O)(=O)O)ccc1-2. The lowest BCUT2D eigenvalue weighted by atomic mass is 10.1. The zero-order valence-electron chi connectivity index (χ0n) is 10.1. The van der Waals surface area contributed by atoms with Gasteiger partial charge in [-0.25, -0.2) is 0 Å². The van der Waals surface area contributed by atoms with Gasteiger partial charge in [-0.05, 0) is 46.9 Å². The summed E-state index contributed by atoms with van der Waals surface area (Å²) >= 11 is 0. The van der Waals surface area contributed by atoms with Crippen LogP contribution in [0.2, 0.25) is 0 Å². The number of fused-ring (bicyclic) bond motifs is 3. The van der Waals surface area contributed by atoms with E-state index in [0.29, 0.717) is 6.42 Å². The molecule has 0 radical (unpaired) electrons. The zero-order chi connectivity index (χ0) is 14.5. The van der Waals surface area contributed by atoms with Crippen molar-refractivity contribution < 1.29 is 17.9 Å². The van der Waals surface area contributed by atoms with Crippen molar-refractivity contribution in [2.24, 2.45) is 0 Å². The second kappa shape index (κ2) is 4.12. The quantitative estimate of drug-likeness (QED) is 0.444. The van der Waals surface area contributed by atoms with E-state index in [2.05, 4.69) is 0 Å². The van der Waals surface area contributed by atoms with Gasteiger partial charge < -0.3 is 0 Å². The van der Waals surface area contributed by atoms with Crippen LogP contribution in [-0.2, 0) is 16.5 Å². The van der Waals surface area contributed by atoms with Crippen LogP contribution in [0.5, 0.6) is 0 Å². The van der Waals surface area contributed by atoms with Gasteiger partial charge in [-0.2, -0.15) is 8.42 Å². The average molecular weight is 291 g/mol. The molecule has 1 N–H and O–H groups in total. The van der Waals surface area contributed by atoms with Crippen molar-refractivity contribution in [1.29, 1.82) is 0 Å². The van der Waals surface area contributed by atoms with E-state index in [1.54, 1.807) is 12.1 Å². The highest BCUT2D eigenvalue weighted by atomic mass is 32.2. The van der Waals surface area contributed by atoms with Crippen LogP contribution in [0.15, 0.2) is 41.3 Å². The molecule has 20 heavy (non-hydrogen) atoms. The lowest BCUT2D eigenvalue weighted by Crippen LogP contribution is -1.98. The van der Waals surface area contributed by atoms with Gasteiger partial charge in [-0.1, -0.05) is 6.07 Å². The largest absolute Gasteiger partial charge is 0.294 e.